The van der Waals surface area contributed by atoms with Crippen molar-refractivity contribution in [2.24, 2.45) is 0 Å². The second-order valence-electron chi connectivity index (χ2n) is 9.49. The van der Waals surface area contributed by atoms with Crippen LogP contribution in [0.5, 0.6) is 5.75 Å². The normalized spacial score (nSPS) is 17.6. The third-order valence-corrected chi connectivity index (χ3v) is 7.14. The standard InChI is InChI=1S/C29H27N5O3/c35-28-23-10-5-4-9-22(23)26(32-33-28)20-12-14-21(15-13-20)31-29(36)24-17-30-27-25(11-6-16-34(24)27)37-18-19-7-2-1-3-8-19/h1-11,16-17,20-21H,12-15,18H2,(H,31,36)(H,33,35). The third kappa shape index (κ3) is 4.58. The van der Waals surface area contributed by atoms with Crippen LogP contribution < -0.4 is 15.6 Å². The lowest BCUT2D eigenvalue weighted by Crippen LogP contribution is -2.38. The molecule has 2 aromatic carbocycles. The zero-order valence-corrected chi connectivity index (χ0v) is 20.3. The van der Waals surface area contributed by atoms with Crippen LogP contribution in [0, 0.1) is 0 Å². The number of ether oxygens (including phenoxy) is 1. The summed E-state index contributed by atoms with van der Waals surface area (Å²) in [5.41, 5.74) is 2.93. The van der Waals surface area contributed by atoms with Gasteiger partial charge in [-0.3, -0.25) is 14.0 Å². The predicted molar refractivity (Wildman–Crippen MR) is 141 cm³/mol. The van der Waals surface area contributed by atoms with Crippen LogP contribution in [0.3, 0.4) is 0 Å². The van der Waals surface area contributed by atoms with Crippen molar-refractivity contribution in [3.63, 3.8) is 0 Å². The molecule has 2 N–H and O–H groups in total. The molecule has 0 radical (unpaired) electrons. The molecule has 0 atom stereocenters. The smallest absolute Gasteiger partial charge is 0.272 e. The minimum Gasteiger partial charge on any atom is -0.485 e. The zero-order chi connectivity index (χ0) is 25.2. The SMILES string of the molecule is O=C(NC1CCC(c2n[nH]c(=O)c3ccccc23)CC1)c1cnc2c(OCc3ccccc3)cccn12. The molecule has 8 heteroatoms. The molecule has 3 aromatic heterocycles. The Morgan fingerprint density at radius 2 is 1.73 bits per heavy atom. The Labute approximate surface area is 213 Å². The van der Waals surface area contributed by atoms with Crippen LogP contribution in [0.4, 0.5) is 0 Å². The number of carbonyl (C=O) groups is 1. The maximum Gasteiger partial charge on any atom is 0.272 e. The van der Waals surface area contributed by atoms with Crippen LogP contribution in [-0.4, -0.2) is 31.5 Å². The van der Waals surface area contributed by atoms with Gasteiger partial charge < -0.3 is 10.1 Å². The Hall–Kier alpha value is -4.46. The number of fused-ring (bicyclic) bond motifs is 2. The van der Waals surface area contributed by atoms with Gasteiger partial charge in [0, 0.05) is 23.5 Å². The first kappa shape index (κ1) is 23.0. The second kappa shape index (κ2) is 9.89. The van der Waals surface area contributed by atoms with Gasteiger partial charge in [-0.25, -0.2) is 10.1 Å². The summed E-state index contributed by atoms with van der Waals surface area (Å²) in [6.07, 6.45) is 6.89. The van der Waals surface area contributed by atoms with Crippen molar-refractivity contribution in [2.75, 3.05) is 0 Å². The van der Waals surface area contributed by atoms with Crippen molar-refractivity contribution >= 4 is 22.3 Å². The third-order valence-electron chi connectivity index (χ3n) is 7.14. The molecule has 1 aliphatic rings. The lowest BCUT2D eigenvalue weighted by atomic mass is 9.82. The maximum atomic E-state index is 13.2. The van der Waals surface area contributed by atoms with Gasteiger partial charge in [0.2, 0.25) is 0 Å². The first-order chi connectivity index (χ1) is 18.2. The molecular weight excluding hydrogens is 466 g/mol. The van der Waals surface area contributed by atoms with E-state index in [-0.39, 0.29) is 23.4 Å². The largest absolute Gasteiger partial charge is 0.485 e. The number of imidazole rings is 1. The highest BCUT2D eigenvalue weighted by molar-refractivity contribution is 5.93. The zero-order valence-electron chi connectivity index (χ0n) is 20.3. The summed E-state index contributed by atoms with van der Waals surface area (Å²) in [6.45, 7) is 0.428. The van der Waals surface area contributed by atoms with Crippen molar-refractivity contribution in [1.82, 2.24) is 24.9 Å². The van der Waals surface area contributed by atoms with Crippen molar-refractivity contribution in [2.45, 2.75) is 44.2 Å². The average molecular weight is 494 g/mol. The van der Waals surface area contributed by atoms with E-state index in [1.54, 1.807) is 10.6 Å². The summed E-state index contributed by atoms with van der Waals surface area (Å²) in [5.74, 6) is 0.727. The number of carbonyl (C=O) groups excluding carboxylic acids is 1. The summed E-state index contributed by atoms with van der Waals surface area (Å²) in [7, 11) is 0. The number of H-pyrrole nitrogens is 1. The van der Waals surface area contributed by atoms with Crippen molar-refractivity contribution in [3.05, 3.63) is 106 Å². The van der Waals surface area contributed by atoms with E-state index in [4.69, 9.17) is 4.74 Å². The fourth-order valence-electron chi connectivity index (χ4n) is 5.22. The number of rotatable bonds is 6. The van der Waals surface area contributed by atoms with Gasteiger partial charge >= 0.3 is 0 Å². The van der Waals surface area contributed by atoms with Gasteiger partial charge in [0.05, 0.1) is 17.3 Å². The monoisotopic (exact) mass is 493 g/mol. The summed E-state index contributed by atoms with van der Waals surface area (Å²) < 4.78 is 7.77. The van der Waals surface area contributed by atoms with E-state index in [1.807, 2.05) is 72.9 Å². The van der Waals surface area contributed by atoms with Crippen LogP contribution >= 0.6 is 0 Å². The molecule has 1 saturated carbocycles. The van der Waals surface area contributed by atoms with E-state index >= 15 is 0 Å². The number of hydrogen-bond acceptors (Lipinski definition) is 5. The molecule has 1 aliphatic carbocycles. The molecule has 0 unspecified atom stereocenters. The van der Waals surface area contributed by atoms with Crippen molar-refractivity contribution in [1.29, 1.82) is 0 Å². The molecule has 5 aromatic rings. The van der Waals surface area contributed by atoms with Crippen LogP contribution in [0.25, 0.3) is 16.4 Å². The van der Waals surface area contributed by atoms with Gasteiger partial charge in [0.1, 0.15) is 12.3 Å². The Morgan fingerprint density at radius 3 is 2.54 bits per heavy atom. The number of pyridine rings is 1. The average Bonchev–Trinajstić information content (AvgIpc) is 3.39. The van der Waals surface area contributed by atoms with Crippen LogP contribution in [0.1, 0.15) is 53.3 Å². The molecule has 1 amide bonds. The molecule has 0 bridgehead atoms. The second-order valence-corrected chi connectivity index (χ2v) is 9.49. The van der Waals surface area contributed by atoms with Crippen LogP contribution in [0.15, 0.2) is 83.9 Å². The number of aromatic amines is 1. The number of aromatic nitrogens is 4. The number of benzene rings is 2. The molecule has 8 nitrogen and oxygen atoms in total. The molecule has 0 spiro atoms. The Kier molecular flexibility index (Phi) is 6.14. The fourth-order valence-corrected chi connectivity index (χ4v) is 5.22. The summed E-state index contributed by atoms with van der Waals surface area (Å²) >= 11 is 0. The summed E-state index contributed by atoms with van der Waals surface area (Å²) in [4.78, 5) is 29.8. The fraction of sp³-hybridized carbons (Fsp3) is 0.241. The molecule has 0 saturated heterocycles. The van der Waals surface area contributed by atoms with Crippen LogP contribution in [0.2, 0.25) is 0 Å². The minimum absolute atomic E-state index is 0.0702. The predicted octanol–water partition coefficient (Wildman–Crippen LogP) is 4.61. The van der Waals surface area contributed by atoms with E-state index in [1.165, 1.54) is 0 Å². The highest BCUT2D eigenvalue weighted by Crippen LogP contribution is 2.34. The first-order valence-corrected chi connectivity index (χ1v) is 12.6. The molecule has 1 fully saturated rings. The highest BCUT2D eigenvalue weighted by atomic mass is 16.5. The Balaban J connectivity index is 1.12. The molecular formula is C29H27N5O3. The van der Waals surface area contributed by atoms with E-state index < -0.39 is 0 Å². The van der Waals surface area contributed by atoms with E-state index in [9.17, 15) is 9.59 Å². The van der Waals surface area contributed by atoms with Crippen LogP contribution in [-0.2, 0) is 6.61 Å². The molecule has 186 valence electrons. The van der Waals surface area contributed by atoms with E-state index in [2.05, 4.69) is 20.5 Å². The van der Waals surface area contributed by atoms with Gasteiger partial charge in [0.15, 0.2) is 11.4 Å². The number of nitrogens with zero attached hydrogens (tertiary/aromatic N) is 3. The molecule has 37 heavy (non-hydrogen) atoms. The molecule has 3 heterocycles. The van der Waals surface area contributed by atoms with Crippen molar-refractivity contribution in [3.8, 4) is 5.75 Å². The highest BCUT2D eigenvalue weighted by Gasteiger charge is 2.27. The van der Waals surface area contributed by atoms with E-state index in [0.29, 0.717) is 29.1 Å². The number of nitrogens with one attached hydrogen (secondary N) is 2. The lowest BCUT2D eigenvalue weighted by molar-refractivity contribution is 0.0919. The molecule has 6 rings (SSSR count). The van der Waals surface area contributed by atoms with Crippen molar-refractivity contribution < 1.29 is 9.53 Å². The van der Waals surface area contributed by atoms with Gasteiger partial charge in [-0.15, -0.1) is 0 Å². The topological polar surface area (TPSA) is 101 Å². The Bertz CT molecular complexity index is 1620. The van der Waals surface area contributed by atoms with Gasteiger partial charge in [-0.05, 0) is 49.4 Å². The van der Waals surface area contributed by atoms with Gasteiger partial charge in [-0.2, -0.15) is 5.10 Å². The number of amides is 1. The summed E-state index contributed by atoms with van der Waals surface area (Å²) in [6, 6.07) is 21.3. The minimum atomic E-state index is -0.165. The van der Waals surface area contributed by atoms with Gasteiger partial charge in [-0.1, -0.05) is 48.5 Å². The van der Waals surface area contributed by atoms with E-state index in [0.717, 1.165) is 42.3 Å². The Morgan fingerprint density at radius 1 is 0.973 bits per heavy atom. The number of hydrogen-bond donors (Lipinski definition) is 2. The van der Waals surface area contributed by atoms with Gasteiger partial charge in [0.25, 0.3) is 11.5 Å². The first-order valence-electron chi connectivity index (χ1n) is 12.6. The maximum absolute atomic E-state index is 13.2. The molecule has 0 aliphatic heterocycles. The quantitative estimate of drug-likeness (QED) is 0.360. The summed E-state index contributed by atoms with van der Waals surface area (Å²) in [5, 5.41) is 11.8. The lowest BCUT2D eigenvalue weighted by Gasteiger charge is -2.29.